The summed E-state index contributed by atoms with van der Waals surface area (Å²) in [7, 11) is 3.07. The summed E-state index contributed by atoms with van der Waals surface area (Å²) in [6.07, 6.45) is 30.0. The standard InChI is InChI=1S/C12H22N4O4.C12H22O4.C12H22O3.C12H20O3.C12H16O2.C12H20O2.C10H16O3.C10H18O3.C8H14O3/c1-5-13-9-10(14(6-2)11(13)17)16(8-20-4)12(18)15(9)7-19-3;1(3-5-13-7-11-9-15-11)2-4-6-14-8-12-10-16-12;1-3-11(5-13-6-11)9-15-10-12(4-2)7-14-8-12;1-5-12(9-13-6-2,10-14-7-3)11-15-8-4;1-2-12(8-13-9-12)10-14-11-6-4-3-5-7-11;1-3-13-9-11-5-7-12(8-6-11)10-14-4-2;1-4-10(5-12-6-10)7-13-9(11)8(2)3;1-3-11-7-5-9-13-10-6-8-12-4-2;1-3-9-5-7-11-8-6-10-4-2/h9-10H,5-8H2,1-4H3;11-12H,1-10H2;3-10H2,1-2H3;6-8H,2-5,9-11H2,1H3;3-7H,2,8-10H2,1H3;3-4,11-12H,1-2,5-10H2;2,4-7H2,1,3H3;3-4H,1-2,5-10H2;3-4H,1-2,5-8H2. The van der Waals surface area contributed by atoms with Crippen molar-refractivity contribution in [3.63, 3.8) is 0 Å². The minimum absolute atomic E-state index is 0.0558. The summed E-state index contributed by atoms with van der Waals surface area (Å²) in [5.41, 5.74) is 1.25. The largest absolute Gasteiger partial charge is 0.502 e. The Kier molecular flexibility index (Phi) is 67.7. The highest BCUT2D eigenvalue weighted by Crippen LogP contribution is 2.38. The van der Waals surface area contributed by atoms with Gasteiger partial charge in [0.1, 0.15) is 51.2 Å². The van der Waals surface area contributed by atoms with Crippen LogP contribution in [-0.2, 0) is 114 Å². The Bertz CT molecular complexity index is 2970. The van der Waals surface area contributed by atoms with Crippen LogP contribution in [0.3, 0.4) is 0 Å². The van der Waals surface area contributed by atoms with Crippen LogP contribution in [0.4, 0.5) is 9.59 Å². The van der Waals surface area contributed by atoms with Gasteiger partial charge in [-0.15, -0.1) is 0 Å². The van der Waals surface area contributed by atoms with Crippen LogP contribution in [0.15, 0.2) is 158 Å². The van der Waals surface area contributed by atoms with Gasteiger partial charge in [0, 0.05) is 83.0 Å². The van der Waals surface area contributed by atoms with Crippen LogP contribution < -0.4 is 4.74 Å². The van der Waals surface area contributed by atoms with E-state index in [2.05, 4.69) is 100 Å². The van der Waals surface area contributed by atoms with Gasteiger partial charge in [-0.2, -0.15) is 0 Å². The van der Waals surface area contributed by atoms with E-state index >= 15 is 0 Å². The zero-order valence-electron chi connectivity index (χ0n) is 81.8. The van der Waals surface area contributed by atoms with Crippen LogP contribution in [0, 0.1) is 38.9 Å². The number of hydrogen-bond donors (Lipinski definition) is 0. The van der Waals surface area contributed by atoms with Crippen LogP contribution >= 0.6 is 0 Å². The molecule has 131 heavy (non-hydrogen) atoms. The van der Waals surface area contributed by atoms with Crippen molar-refractivity contribution in [2.24, 2.45) is 38.9 Å². The lowest BCUT2D eigenvalue weighted by molar-refractivity contribution is -0.187. The summed E-state index contributed by atoms with van der Waals surface area (Å²) < 4.78 is 125. The van der Waals surface area contributed by atoms with E-state index in [-0.39, 0.29) is 60.1 Å². The number of likely N-dealkylation sites (N-methyl/N-ethyl adjacent to an activating group) is 2. The second-order valence-corrected chi connectivity index (χ2v) is 33.3. The van der Waals surface area contributed by atoms with Crippen molar-refractivity contribution in [1.29, 1.82) is 0 Å². The third-order valence-electron chi connectivity index (χ3n) is 23.1. The van der Waals surface area contributed by atoms with Gasteiger partial charge < -0.3 is 123 Å². The van der Waals surface area contributed by atoms with E-state index in [4.69, 9.17) is 114 Å². The van der Waals surface area contributed by atoms with Crippen molar-refractivity contribution in [3.05, 3.63) is 158 Å². The van der Waals surface area contributed by atoms with Gasteiger partial charge >= 0.3 is 18.0 Å². The van der Waals surface area contributed by atoms with Crippen LogP contribution in [0.25, 0.3) is 0 Å². The number of methoxy groups -OCH3 is 2. The Morgan fingerprint density at radius 3 is 1.08 bits per heavy atom. The number of fused-ring (bicyclic) bond motifs is 1. The fourth-order valence-corrected chi connectivity index (χ4v) is 13.5. The van der Waals surface area contributed by atoms with E-state index in [1.807, 2.05) is 44.2 Å². The molecular weight excluding hydrogens is 1690 g/mol. The molecule has 10 rings (SSSR count). The highest BCUT2D eigenvalue weighted by atomic mass is 16.6. The maximum absolute atomic E-state index is 12.5. The maximum Gasteiger partial charge on any atom is 0.333 e. The van der Waals surface area contributed by atoms with Gasteiger partial charge in [0.2, 0.25) is 0 Å². The number of carbonyl (C=O) groups is 3. The highest BCUT2D eigenvalue weighted by Gasteiger charge is 2.58. The zero-order valence-corrected chi connectivity index (χ0v) is 81.8. The van der Waals surface area contributed by atoms with E-state index < -0.39 is 0 Å². The molecule has 1 aromatic carbocycles. The second kappa shape index (κ2) is 74.4. The van der Waals surface area contributed by atoms with Crippen molar-refractivity contribution in [2.75, 3.05) is 246 Å². The molecule has 0 spiro atoms. The molecular formula is C100H170N4O27. The number of unbranched alkanes of at least 4 members (excludes halogenated alkanes) is 3. The second-order valence-electron chi connectivity index (χ2n) is 33.3. The Labute approximate surface area is 786 Å². The molecule has 8 saturated heterocycles. The number of rotatable bonds is 65. The van der Waals surface area contributed by atoms with E-state index in [9.17, 15) is 14.4 Å². The van der Waals surface area contributed by atoms with Crippen molar-refractivity contribution in [2.45, 2.75) is 176 Å². The lowest BCUT2D eigenvalue weighted by Crippen LogP contribution is -2.49. The van der Waals surface area contributed by atoms with Gasteiger partial charge in [-0.1, -0.05) is 131 Å². The quantitative estimate of drug-likeness (QED) is 0.0192. The first-order valence-electron chi connectivity index (χ1n) is 46.8. The number of urea groups is 2. The van der Waals surface area contributed by atoms with Crippen LogP contribution in [0.2, 0.25) is 0 Å². The van der Waals surface area contributed by atoms with Gasteiger partial charge in [-0.25, -0.2) is 14.4 Å². The van der Waals surface area contributed by atoms with E-state index in [1.54, 1.807) is 26.5 Å². The molecule has 4 atom stereocenters. The van der Waals surface area contributed by atoms with Gasteiger partial charge in [0.25, 0.3) is 0 Å². The number of para-hydroxylation sites is 1. The highest BCUT2D eigenvalue weighted by molar-refractivity contribution is 5.87. The SMILES string of the molecule is C(CCCOCC1CO1)CCOCC1CO1.C=C(C)C(=O)OCC1(CC)COC1.C=COCC(CC)(COC=C)COC=C.C=COCC1CCC(COC=C)CC1.C=COCCCOCCCOC=C.C=COCCOCCOC=C.CCC1(COCC2(CC)COC2)COC1.CCC1(COc2ccccc2)COC1.CCN1C(=O)N(CC)C2C1N(COC)C(=O)N2COC. The molecule has 0 bridgehead atoms. The van der Waals surface area contributed by atoms with Gasteiger partial charge in [-0.3, -0.25) is 9.80 Å². The number of ether oxygens (including phenoxy) is 24. The molecule has 4 amide bonds. The summed E-state index contributed by atoms with van der Waals surface area (Å²) in [4.78, 5) is 42.5. The molecule has 0 radical (unpaired) electrons. The molecule has 8 aliphatic heterocycles. The minimum Gasteiger partial charge on any atom is -0.502 e. The molecule has 31 nitrogen and oxygen atoms in total. The van der Waals surface area contributed by atoms with Crippen LogP contribution in [-0.4, -0.2) is 308 Å². The predicted octanol–water partition coefficient (Wildman–Crippen LogP) is 17.0. The summed E-state index contributed by atoms with van der Waals surface area (Å²) >= 11 is 0. The average Bonchev–Trinajstić information content (AvgIpc) is 1.57. The lowest BCUT2D eigenvalue weighted by Gasteiger charge is -2.44. The van der Waals surface area contributed by atoms with E-state index in [0.717, 1.165) is 189 Å². The topological polar surface area (TPSA) is 292 Å². The molecule has 752 valence electrons. The lowest BCUT2D eigenvalue weighted by atomic mass is 9.83. The first-order valence-corrected chi connectivity index (χ1v) is 46.8. The van der Waals surface area contributed by atoms with Crippen molar-refractivity contribution in [1.82, 2.24) is 19.6 Å². The summed E-state index contributed by atoms with van der Waals surface area (Å²) in [6, 6.07) is 9.73. The van der Waals surface area contributed by atoms with Gasteiger partial charge in [-0.05, 0) is 115 Å². The molecule has 9 fully saturated rings. The Hall–Kier alpha value is -7.89. The van der Waals surface area contributed by atoms with Crippen LogP contribution in [0.1, 0.15) is 152 Å². The summed E-state index contributed by atoms with van der Waals surface area (Å²) in [5, 5.41) is 0. The number of epoxide rings is 2. The van der Waals surface area contributed by atoms with Crippen molar-refractivity contribution < 1.29 is 128 Å². The predicted molar refractivity (Wildman–Crippen MR) is 507 cm³/mol. The Morgan fingerprint density at radius 2 is 0.756 bits per heavy atom. The summed E-state index contributed by atoms with van der Waals surface area (Å²) in [6.45, 7) is 75.2. The first-order chi connectivity index (χ1) is 63.7. The Morgan fingerprint density at radius 1 is 0.412 bits per heavy atom. The molecule has 0 aromatic heterocycles. The third kappa shape index (κ3) is 50.3. The van der Waals surface area contributed by atoms with E-state index in [1.165, 1.54) is 109 Å². The summed E-state index contributed by atoms with van der Waals surface area (Å²) in [5.74, 6) is 2.08. The molecule has 1 aromatic rings. The first kappa shape index (κ1) is 119. The molecule has 1 saturated carbocycles. The molecule has 4 unspecified atom stereocenters. The monoisotopic (exact) mass is 1860 g/mol. The van der Waals surface area contributed by atoms with Gasteiger partial charge in [0.15, 0.2) is 12.3 Å². The van der Waals surface area contributed by atoms with Crippen molar-refractivity contribution in [3.8, 4) is 5.75 Å². The van der Waals surface area contributed by atoms with Crippen LogP contribution in [0.5, 0.6) is 5.75 Å². The molecule has 1 aliphatic carbocycles. The van der Waals surface area contributed by atoms with Crippen molar-refractivity contribution >= 4 is 18.0 Å². The number of hydrogen-bond acceptors (Lipinski definition) is 27. The maximum atomic E-state index is 12.5. The smallest absolute Gasteiger partial charge is 0.333 e. The Balaban J connectivity index is 0.000000501. The molecule has 0 N–H and O–H groups in total. The number of nitrogens with zero attached hydrogens (tertiary/aromatic N) is 4. The molecule has 8 heterocycles. The minimum atomic E-state index is -0.324. The number of esters is 1. The fraction of sp³-hybridized carbons (Fsp3) is 0.710. The molecule has 9 aliphatic rings. The molecule has 31 heteroatoms. The number of carbonyl (C=O) groups excluding carboxylic acids is 3. The van der Waals surface area contributed by atoms with Gasteiger partial charge in [0.05, 0.1) is 231 Å². The number of amides is 4. The normalized spacial score (nSPS) is 19.9. The van der Waals surface area contributed by atoms with E-state index in [0.29, 0.717) is 133 Å². The third-order valence-corrected chi connectivity index (χ3v) is 23.1. The zero-order chi connectivity index (χ0) is 96.4. The fourth-order valence-electron chi connectivity index (χ4n) is 13.5. The average molecular weight is 1860 g/mol. The number of benzene rings is 1.